The molecule has 0 radical (unpaired) electrons. The van der Waals surface area contributed by atoms with Gasteiger partial charge in [0.15, 0.2) is 0 Å². The van der Waals surface area contributed by atoms with Gasteiger partial charge in [0.2, 0.25) is 0 Å². The Morgan fingerprint density at radius 1 is 1.22 bits per heavy atom. The number of aliphatic hydroxyl groups is 1. The second-order valence-electron chi connectivity index (χ2n) is 6.72. The van der Waals surface area contributed by atoms with Crippen molar-refractivity contribution in [1.29, 1.82) is 0 Å². The molecule has 0 spiro atoms. The van der Waals surface area contributed by atoms with Crippen LogP contribution < -0.4 is 5.32 Å². The van der Waals surface area contributed by atoms with E-state index >= 15 is 0 Å². The van der Waals surface area contributed by atoms with Crippen LogP contribution in [0, 0.1) is 17.8 Å². The fraction of sp³-hybridized carbons (Fsp3) is 1.00. The predicted octanol–water partition coefficient (Wildman–Crippen LogP) is 1.96. The van der Waals surface area contributed by atoms with Gasteiger partial charge in [0.1, 0.15) is 0 Å². The zero-order valence-electron chi connectivity index (χ0n) is 12.8. The van der Waals surface area contributed by atoms with Crippen LogP contribution in [0.1, 0.15) is 41.0 Å². The Morgan fingerprint density at radius 3 is 2.50 bits per heavy atom. The molecule has 4 unspecified atom stereocenters. The summed E-state index contributed by atoms with van der Waals surface area (Å²) >= 11 is 0. The van der Waals surface area contributed by atoms with E-state index in [1.807, 2.05) is 0 Å². The van der Waals surface area contributed by atoms with Gasteiger partial charge >= 0.3 is 0 Å². The van der Waals surface area contributed by atoms with E-state index < -0.39 is 0 Å². The molecule has 3 heteroatoms. The van der Waals surface area contributed by atoms with Gasteiger partial charge in [0, 0.05) is 25.7 Å². The first-order chi connectivity index (χ1) is 8.40. The molecule has 1 aliphatic rings. The molecule has 0 aromatic rings. The molecule has 1 heterocycles. The molecule has 0 bridgehead atoms. The normalized spacial score (nSPS) is 31.8. The molecule has 1 fully saturated rings. The first-order valence-corrected chi connectivity index (χ1v) is 7.53. The lowest BCUT2D eigenvalue weighted by atomic mass is 9.86. The molecule has 0 aromatic heterocycles. The molecular weight excluding hydrogens is 224 g/mol. The van der Waals surface area contributed by atoms with Gasteiger partial charge in [0.05, 0.1) is 6.10 Å². The van der Waals surface area contributed by atoms with Gasteiger partial charge in [-0.05, 0) is 37.6 Å². The number of aliphatic hydroxyl groups excluding tert-OH is 1. The fourth-order valence-electron chi connectivity index (χ4n) is 2.95. The standard InChI is InChI=1S/C15H32N2O/c1-11(2)7-16-8-15(18)10-17-9-12(3)6-13(4)14(17)5/h11-16,18H,6-10H2,1-5H3. The Kier molecular flexibility index (Phi) is 6.61. The third kappa shape index (κ3) is 5.25. The second-order valence-corrected chi connectivity index (χ2v) is 6.72. The van der Waals surface area contributed by atoms with Crippen molar-refractivity contribution in [3.8, 4) is 0 Å². The van der Waals surface area contributed by atoms with Crippen LogP contribution in [0.3, 0.4) is 0 Å². The molecule has 0 aromatic carbocycles. The van der Waals surface area contributed by atoms with Crippen molar-refractivity contribution in [2.75, 3.05) is 26.2 Å². The van der Waals surface area contributed by atoms with Crippen LogP contribution in [-0.2, 0) is 0 Å². The number of rotatable bonds is 6. The van der Waals surface area contributed by atoms with Crippen LogP contribution in [0.15, 0.2) is 0 Å². The van der Waals surface area contributed by atoms with E-state index in [-0.39, 0.29) is 6.10 Å². The van der Waals surface area contributed by atoms with Crippen molar-refractivity contribution in [2.45, 2.75) is 53.2 Å². The number of likely N-dealkylation sites (tertiary alicyclic amines) is 1. The molecule has 0 aliphatic carbocycles. The van der Waals surface area contributed by atoms with E-state index in [1.165, 1.54) is 6.42 Å². The number of β-amino-alcohol motifs (C(OH)–C–C–N with tert-alkyl or cyclic N) is 1. The number of hydrogen-bond donors (Lipinski definition) is 2. The summed E-state index contributed by atoms with van der Waals surface area (Å²) in [5, 5.41) is 13.4. The van der Waals surface area contributed by atoms with E-state index in [0.29, 0.717) is 18.5 Å². The monoisotopic (exact) mass is 256 g/mol. The molecule has 1 saturated heterocycles. The zero-order valence-corrected chi connectivity index (χ0v) is 12.8. The molecule has 0 saturated carbocycles. The Bertz CT molecular complexity index is 233. The van der Waals surface area contributed by atoms with E-state index in [4.69, 9.17) is 0 Å². The lowest BCUT2D eigenvalue weighted by Gasteiger charge is -2.42. The Balaban J connectivity index is 2.31. The highest BCUT2D eigenvalue weighted by Gasteiger charge is 2.29. The maximum Gasteiger partial charge on any atom is 0.0791 e. The number of nitrogens with one attached hydrogen (secondary N) is 1. The summed E-state index contributed by atoms with van der Waals surface area (Å²) in [6.07, 6.45) is 1.07. The smallest absolute Gasteiger partial charge is 0.0791 e. The van der Waals surface area contributed by atoms with Gasteiger partial charge in [-0.25, -0.2) is 0 Å². The fourth-order valence-corrected chi connectivity index (χ4v) is 2.95. The molecule has 18 heavy (non-hydrogen) atoms. The minimum Gasteiger partial charge on any atom is -0.390 e. The van der Waals surface area contributed by atoms with Gasteiger partial charge in [-0.1, -0.05) is 27.7 Å². The summed E-state index contributed by atoms with van der Waals surface area (Å²) < 4.78 is 0. The minimum atomic E-state index is -0.247. The molecular formula is C15H32N2O. The van der Waals surface area contributed by atoms with Gasteiger partial charge in [-0.15, -0.1) is 0 Å². The Morgan fingerprint density at radius 2 is 1.89 bits per heavy atom. The van der Waals surface area contributed by atoms with E-state index in [9.17, 15) is 5.11 Å². The molecule has 1 aliphatic heterocycles. The zero-order chi connectivity index (χ0) is 13.7. The van der Waals surface area contributed by atoms with E-state index in [2.05, 4.69) is 44.8 Å². The maximum absolute atomic E-state index is 10.1. The van der Waals surface area contributed by atoms with Crippen LogP contribution in [0.4, 0.5) is 0 Å². The van der Waals surface area contributed by atoms with Crippen molar-refractivity contribution in [3.05, 3.63) is 0 Å². The number of hydrogen-bond acceptors (Lipinski definition) is 3. The van der Waals surface area contributed by atoms with Crippen molar-refractivity contribution >= 4 is 0 Å². The van der Waals surface area contributed by atoms with Crippen molar-refractivity contribution in [1.82, 2.24) is 10.2 Å². The van der Waals surface area contributed by atoms with E-state index in [1.54, 1.807) is 0 Å². The highest BCUT2D eigenvalue weighted by atomic mass is 16.3. The summed E-state index contributed by atoms with van der Waals surface area (Å²) in [7, 11) is 0. The summed E-state index contributed by atoms with van der Waals surface area (Å²) in [5.41, 5.74) is 0. The maximum atomic E-state index is 10.1. The first-order valence-electron chi connectivity index (χ1n) is 7.53. The molecule has 1 rings (SSSR count). The Hall–Kier alpha value is -0.120. The van der Waals surface area contributed by atoms with Crippen LogP contribution in [0.25, 0.3) is 0 Å². The number of piperidine rings is 1. The topological polar surface area (TPSA) is 35.5 Å². The largest absolute Gasteiger partial charge is 0.390 e. The quantitative estimate of drug-likeness (QED) is 0.762. The minimum absolute atomic E-state index is 0.247. The summed E-state index contributed by atoms with van der Waals surface area (Å²) in [6.45, 7) is 15.0. The van der Waals surface area contributed by atoms with Gasteiger partial charge < -0.3 is 10.4 Å². The highest BCUT2D eigenvalue weighted by molar-refractivity contribution is 4.83. The molecule has 108 valence electrons. The predicted molar refractivity (Wildman–Crippen MR) is 77.7 cm³/mol. The first kappa shape index (κ1) is 15.9. The third-order valence-corrected chi connectivity index (χ3v) is 4.10. The van der Waals surface area contributed by atoms with Gasteiger partial charge in [0.25, 0.3) is 0 Å². The van der Waals surface area contributed by atoms with Crippen molar-refractivity contribution in [2.24, 2.45) is 17.8 Å². The van der Waals surface area contributed by atoms with Crippen molar-refractivity contribution in [3.63, 3.8) is 0 Å². The summed E-state index contributed by atoms with van der Waals surface area (Å²) in [4.78, 5) is 2.46. The summed E-state index contributed by atoms with van der Waals surface area (Å²) in [6, 6.07) is 0.598. The lowest BCUT2D eigenvalue weighted by molar-refractivity contribution is 0.0321. The average molecular weight is 256 g/mol. The third-order valence-electron chi connectivity index (χ3n) is 4.10. The SMILES string of the molecule is CC(C)CNCC(O)CN1CC(C)CC(C)C1C. The number of nitrogens with zero attached hydrogens (tertiary/aromatic N) is 1. The van der Waals surface area contributed by atoms with Crippen LogP contribution >= 0.6 is 0 Å². The van der Waals surface area contributed by atoms with Gasteiger partial charge in [-0.2, -0.15) is 0 Å². The lowest BCUT2D eigenvalue weighted by Crippen LogP contribution is -2.50. The molecule has 2 N–H and O–H groups in total. The van der Waals surface area contributed by atoms with E-state index in [0.717, 1.165) is 31.5 Å². The Labute approximate surface area is 113 Å². The highest BCUT2D eigenvalue weighted by Crippen LogP contribution is 2.26. The van der Waals surface area contributed by atoms with Crippen LogP contribution in [0.2, 0.25) is 0 Å². The van der Waals surface area contributed by atoms with Gasteiger partial charge in [-0.3, -0.25) is 4.90 Å². The second kappa shape index (κ2) is 7.46. The van der Waals surface area contributed by atoms with Crippen LogP contribution in [-0.4, -0.2) is 48.3 Å². The summed E-state index contributed by atoms with van der Waals surface area (Å²) in [5.74, 6) is 2.14. The van der Waals surface area contributed by atoms with Crippen molar-refractivity contribution < 1.29 is 5.11 Å². The molecule has 3 nitrogen and oxygen atoms in total. The molecule has 4 atom stereocenters. The van der Waals surface area contributed by atoms with Crippen LogP contribution in [0.5, 0.6) is 0 Å². The molecule has 0 amide bonds. The average Bonchev–Trinajstić information content (AvgIpc) is 2.24.